The molecule has 0 fully saturated rings. The Morgan fingerprint density at radius 3 is 2.74 bits per heavy atom. The number of benzene rings is 1. The van der Waals surface area contributed by atoms with E-state index in [4.69, 9.17) is 26.8 Å². The van der Waals surface area contributed by atoms with Crippen LogP contribution in [0.2, 0.25) is 5.02 Å². The van der Waals surface area contributed by atoms with Crippen LogP contribution in [0.25, 0.3) is 22.3 Å². The zero-order valence-electron chi connectivity index (χ0n) is 19.6. The minimum absolute atomic E-state index is 0.110. The highest BCUT2D eigenvalue weighted by atomic mass is 35.5. The number of nitrogens with two attached hydrogens (primary N) is 1. The van der Waals surface area contributed by atoms with Gasteiger partial charge in [0.05, 0.1) is 41.3 Å². The Labute approximate surface area is 206 Å². The summed E-state index contributed by atoms with van der Waals surface area (Å²) in [5, 5.41) is 5.17. The van der Waals surface area contributed by atoms with Crippen molar-refractivity contribution in [2.75, 3.05) is 44.5 Å². The van der Waals surface area contributed by atoms with E-state index < -0.39 is 11.4 Å². The van der Waals surface area contributed by atoms with Crippen LogP contribution in [-0.4, -0.2) is 59.2 Å². The number of carbonyl (C=O) groups excluding carboxylic acids is 1. The highest BCUT2D eigenvalue weighted by Crippen LogP contribution is 2.28. The molecule has 3 heterocycles. The van der Waals surface area contributed by atoms with E-state index in [0.717, 1.165) is 5.82 Å². The van der Waals surface area contributed by atoms with Crippen molar-refractivity contribution in [3.63, 3.8) is 0 Å². The molecule has 0 aliphatic heterocycles. The maximum Gasteiger partial charge on any atom is 0.343 e. The first kappa shape index (κ1) is 24.2. The molecule has 1 aromatic carbocycles. The van der Waals surface area contributed by atoms with Crippen LogP contribution in [0, 0.1) is 0 Å². The minimum atomic E-state index is -0.715. The molecule has 35 heavy (non-hydrogen) atoms. The maximum atomic E-state index is 13.2. The van der Waals surface area contributed by atoms with Gasteiger partial charge in [0.2, 0.25) is 5.43 Å². The van der Waals surface area contributed by atoms with Gasteiger partial charge < -0.3 is 24.7 Å². The number of carbonyl (C=O) groups is 1. The number of anilines is 2. The van der Waals surface area contributed by atoms with Gasteiger partial charge in [-0.25, -0.2) is 14.5 Å². The number of fused-ring (bicyclic) bond motifs is 1. The van der Waals surface area contributed by atoms with Gasteiger partial charge >= 0.3 is 5.97 Å². The van der Waals surface area contributed by atoms with E-state index in [2.05, 4.69) is 10.1 Å². The van der Waals surface area contributed by atoms with Crippen molar-refractivity contribution in [2.45, 2.75) is 6.92 Å². The number of nitrogen functional groups attached to an aromatic ring is 1. The number of aromatic nitrogens is 4. The predicted octanol–water partition coefficient (Wildman–Crippen LogP) is 3.07. The summed E-state index contributed by atoms with van der Waals surface area (Å²) in [7, 11) is 3.56. The van der Waals surface area contributed by atoms with Crippen LogP contribution in [0.15, 0.2) is 53.7 Å². The second kappa shape index (κ2) is 10.2. The second-order valence-corrected chi connectivity index (χ2v) is 8.16. The quantitative estimate of drug-likeness (QED) is 0.370. The summed E-state index contributed by atoms with van der Waals surface area (Å²) in [5.41, 5.74) is 6.84. The highest BCUT2D eigenvalue weighted by molar-refractivity contribution is 6.33. The molecule has 0 unspecified atom stereocenters. The van der Waals surface area contributed by atoms with Gasteiger partial charge in [0.1, 0.15) is 11.4 Å². The molecule has 0 bridgehead atoms. The molecule has 0 saturated carbocycles. The molecule has 2 N–H and O–H groups in total. The van der Waals surface area contributed by atoms with E-state index in [9.17, 15) is 9.59 Å². The number of rotatable bonds is 8. The third kappa shape index (κ3) is 4.84. The lowest BCUT2D eigenvalue weighted by Gasteiger charge is -2.16. The predicted molar refractivity (Wildman–Crippen MR) is 135 cm³/mol. The number of likely N-dealkylation sites (N-methyl/N-ethyl adjacent to an activating group) is 1. The number of hydrogen-bond acceptors (Lipinski definition) is 8. The van der Waals surface area contributed by atoms with E-state index in [1.54, 1.807) is 53.9 Å². The number of ether oxygens (including phenoxy) is 2. The number of pyridine rings is 2. The fraction of sp³-hybridized carbons (Fsp3) is 0.250. The average Bonchev–Trinajstić information content (AvgIpc) is 3.34. The third-order valence-corrected chi connectivity index (χ3v) is 5.76. The third-order valence-electron chi connectivity index (χ3n) is 5.46. The Kier molecular flexibility index (Phi) is 7.04. The summed E-state index contributed by atoms with van der Waals surface area (Å²) in [6.07, 6.45) is 4.78. The summed E-state index contributed by atoms with van der Waals surface area (Å²) in [6.45, 7) is 3.04. The van der Waals surface area contributed by atoms with Gasteiger partial charge in [-0.1, -0.05) is 11.6 Å². The first-order valence-electron chi connectivity index (χ1n) is 10.9. The Balaban J connectivity index is 1.91. The molecular weight excluding hydrogens is 472 g/mol. The Bertz CT molecular complexity index is 1430. The molecule has 0 saturated heterocycles. The summed E-state index contributed by atoms with van der Waals surface area (Å²) in [4.78, 5) is 31.9. The van der Waals surface area contributed by atoms with Gasteiger partial charge in [0, 0.05) is 44.5 Å². The van der Waals surface area contributed by atoms with Crippen LogP contribution in [0.5, 0.6) is 0 Å². The average molecular weight is 497 g/mol. The molecule has 0 aliphatic carbocycles. The van der Waals surface area contributed by atoms with E-state index in [1.807, 2.05) is 18.0 Å². The molecule has 0 aliphatic rings. The zero-order chi connectivity index (χ0) is 25.1. The van der Waals surface area contributed by atoms with Crippen molar-refractivity contribution in [3.05, 3.63) is 69.7 Å². The molecule has 4 rings (SSSR count). The van der Waals surface area contributed by atoms with Crippen LogP contribution >= 0.6 is 11.6 Å². The first-order valence-corrected chi connectivity index (χ1v) is 11.3. The second-order valence-electron chi connectivity index (χ2n) is 7.76. The van der Waals surface area contributed by atoms with E-state index in [0.29, 0.717) is 40.9 Å². The molecule has 3 aromatic heterocycles. The summed E-state index contributed by atoms with van der Waals surface area (Å²) < 4.78 is 13.5. The van der Waals surface area contributed by atoms with Crippen molar-refractivity contribution >= 4 is 40.1 Å². The molecule has 182 valence electrons. The largest absolute Gasteiger partial charge is 0.462 e. The number of hydrogen-bond donors (Lipinski definition) is 1. The van der Waals surface area contributed by atoms with Crippen molar-refractivity contribution in [3.8, 4) is 11.4 Å². The zero-order valence-corrected chi connectivity index (χ0v) is 20.3. The van der Waals surface area contributed by atoms with Crippen molar-refractivity contribution in [2.24, 2.45) is 0 Å². The molecule has 0 radical (unpaired) electrons. The molecule has 11 heteroatoms. The molecular formula is C24H25ClN6O4. The van der Waals surface area contributed by atoms with Gasteiger partial charge in [-0.2, -0.15) is 5.10 Å². The lowest BCUT2D eigenvalue weighted by atomic mass is 10.1. The summed E-state index contributed by atoms with van der Waals surface area (Å²) in [5.74, 6) is 0.360. The van der Waals surface area contributed by atoms with Gasteiger partial charge in [0.15, 0.2) is 5.82 Å². The minimum Gasteiger partial charge on any atom is -0.462 e. The number of halogens is 1. The number of methoxy groups -OCH3 is 1. The van der Waals surface area contributed by atoms with Gasteiger partial charge in [-0.05, 0) is 31.2 Å². The topological polar surface area (TPSA) is 118 Å². The smallest absolute Gasteiger partial charge is 0.343 e. The van der Waals surface area contributed by atoms with E-state index in [-0.39, 0.29) is 17.6 Å². The van der Waals surface area contributed by atoms with Crippen molar-refractivity contribution in [1.82, 2.24) is 19.3 Å². The van der Waals surface area contributed by atoms with Crippen LogP contribution in [0.1, 0.15) is 17.3 Å². The van der Waals surface area contributed by atoms with Crippen LogP contribution in [0.3, 0.4) is 0 Å². The van der Waals surface area contributed by atoms with Crippen molar-refractivity contribution in [1.29, 1.82) is 0 Å². The van der Waals surface area contributed by atoms with E-state index in [1.165, 1.54) is 12.3 Å². The standard InChI is InChI=1S/C24H25ClN6O4/c1-4-35-24(33)17-14-30(15-5-6-21(26)27-13-15)19-12-20(18(25)11-16(19)23(17)32)31-8-7-22(28-31)29(2)9-10-34-3/h5-8,11-14H,4,9-10H2,1-3H3,(H2,26,27). The summed E-state index contributed by atoms with van der Waals surface area (Å²) >= 11 is 6.61. The van der Waals surface area contributed by atoms with Crippen LogP contribution in [-0.2, 0) is 9.47 Å². The first-order chi connectivity index (χ1) is 16.8. The van der Waals surface area contributed by atoms with Gasteiger partial charge in [0.25, 0.3) is 0 Å². The molecule has 10 nitrogen and oxygen atoms in total. The molecule has 0 atom stereocenters. The van der Waals surface area contributed by atoms with Gasteiger partial charge in [-0.15, -0.1) is 0 Å². The molecule has 0 amide bonds. The molecule has 4 aromatic rings. The number of nitrogens with zero attached hydrogens (tertiary/aromatic N) is 5. The van der Waals surface area contributed by atoms with Crippen LogP contribution in [0.4, 0.5) is 11.6 Å². The van der Waals surface area contributed by atoms with Crippen LogP contribution < -0.4 is 16.1 Å². The summed E-state index contributed by atoms with van der Waals surface area (Å²) in [6, 6.07) is 8.52. The lowest BCUT2D eigenvalue weighted by molar-refractivity contribution is 0.0524. The number of esters is 1. The lowest BCUT2D eigenvalue weighted by Crippen LogP contribution is -2.22. The van der Waals surface area contributed by atoms with Crippen molar-refractivity contribution < 1.29 is 14.3 Å². The fourth-order valence-electron chi connectivity index (χ4n) is 3.61. The Morgan fingerprint density at radius 2 is 2.06 bits per heavy atom. The maximum absolute atomic E-state index is 13.2. The normalized spacial score (nSPS) is 11.1. The monoisotopic (exact) mass is 496 g/mol. The SMILES string of the molecule is CCOC(=O)c1cn(-c2ccc(N)nc2)c2cc(-n3ccc(N(C)CCOC)n3)c(Cl)cc2c1=O. The Morgan fingerprint density at radius 1 is 1.26 bits per heavy atom. The molecule has 0 spiro atoms. The van der Waals surface area contributed by atoms with E-state index >= 15 is 0 Å². The fourth-order valence-corrected chi connectivity index (χ4v) is 3.86. The van der Waals surface area contributed by atoms with Gasteiger partial charge in [-0.3, -0.25) is 4.79 Å². The highest BCUT2D eigenvalue weighted by Gasteiger charge is 2.20. The Hall–Kier alpha value is -3.89.